The van der Waals surface area contributed by atoms with Gasteiger partial charge in [0.05, 0.1) is 30.9 Å². The van der Waals surface area contributed by atoms with Crippen LogP contribution in [0.1, 0.15) is 28.4 Å². The Morgan fingerprint density at radius 2 is 2.00 bits per heavy atom. The van der Waals surface area contributed by atoms with Crippen molar-refractivity contribution in [1.82, 2.24) is 5.32 Å². The molecule has 1 saturated heterocycles. The number of rotatable bonds is 8. The average Bonchev–Trinajstić information content (AvgIpc) is 3.22. The maximum absolute atomic E-state index is 12.5. The van der Waals surface area contributed by atoms with E-state index >= 15 is 0 Å². The van der Waals surface area contributed by atoms with E-state index in [4.69, 9.17) is 42.1 Å². The first-order chi connectivity index (χ1) is 14.9. The average molecular weight is 468 g/mol. The maximum atomic E-state index is 12.5. The SMILES string of the molecule is CCOC(=O)C1(Cc2ccc(OC)c(CNC(=O)c3ccc(Cl)cc3Cl)c2)COCO1. The van der Waals surface area contributed by atoms with Gasteiger partial charge in [-0.15, -0.1) is 0 Å². The number of carbonyl (C=O) groups is 2. The molecule has 31 heavy (non-hydrogen) atoms. The molecule has 0 spiro atoms. The molecule has 2 aromatic rings. The number of halogens is 2. The molecule has 0 saturated carbocycles. The van der Waals surface area contributed by atoms with Crippen LogP contribution < -0.4 is 10.1 Å². The van der Waals surface area contributed by atoms with Crippen LogP contribution in [0.3, 0.4) is 0 Å². The first-order valence-corrected chi connectivity index (χ1v) is 10.4. The molecule has 1 fully saturated rings. The monoisotopic (exact) mass is 467 g/mol. The summed E-state index contributed by atoms with van der Waals surface area (Å²) in [5, 5.41) is 3.54. The van der Waals surface area contributed by atoms with Crippen molar-refractivity contribution in [3.05, 3.63) is 63.1 Å². The zero-order valence-electron chi connectivity index (χ0n) is 17.2. The molecule has 1 N–H and O–H groups in total. The van der Waals surface area contributed by atoms with Crippen LogP contribution in [-0.2, 0) is 32.0 Å². The van der Waals surface area contributed by atoms with Gasteiger partial charge in [0, 0.05) is 23.6 Å². The van der Waals surface area contributed by atoms with Crippen molar-refractivity contribution in [3.63, 3.8) is 0 Å². The minimum atomic E-state index is -1.19. The molecular weight excluding hydrogens is 445 g/mol. The van der Waals surface area contributed by atoms with Crippen LogP contribution in [0.5, 0.6) is 5.75 Å². The van der Waals surface area contributed by atoms with Crippen molar-refractivity contribution >= 4 is 35.1 Å². The summed E-state index contributed by atoms with van der Waals surface area (Å²) in [6.45, 7) is 2.32. The molecule has 7 nitrogen and oxygen atoms in total. The van der Waals surface area contributed by atoms with E-state index in [0.29, 0.717) is 16.3 Å². The van der Waals surface area contributed by atoms with Crippen LogP contribution in [0.4, 0.5) is 0 Å². The van der Waals surface area contributed by atoms with Crippen molar-refractivity contribution in [3.8, 4) is 5.75 Å². The van der Waals surface area contributed by atoms with Gasteiger partial charge in [0.2, 0.25) is 0 Å². The third kappa shape index (κ3) is 5.49. The lowest BCUT2D eigenvalue weighted by Gasteiger charge is -2.24. The highest BCUT2D eigenvalue weighted by Gasteiger charge is 2.45. The highest BCUT2D eigenvalue weighted by atomic mass is 35.5. The molecule has 1 amide bonds. The summed E-state index contributed by atoms with van der Waals surface area (Å²) in [6.07, 6.45) is 0.264. The van der Waals surface area contributed by atoms with Gasteiger partial charge < -0.3 is 24.3 Å². The van der Waals surface area contributed by atoms with Gasteiger partial charge in [0.25, 0.3) is 5.91 Å². The topological polar surface area (TPSA) is 83.1 Å². The lowest BCUT2D eigenvalue weighted by molar-refractivity contribution is -0.165. The van der Waals surface area contributed by atoms with Crippen LogP contribution in [0.15, 0.2) is 36.4 Å². The number of nitrogens with one attached hydrogen (secondary N) is 1. The van der Waals surface area contributed by atoms with Gasteiger partial charge in [-0.05, 0) is 36.8 Å². The molecule has 1 aliphatic heterocycles. The second-order valence-corrected chi connectivity index (χ2v) is 7.80. The zero-order chi connectivity index (χ0) is 22.4. The first-order valence-electron chi connectivity index (χ1n) is 9.66. The quantitative estimate of drug-likeness (QED) is 0.594. The van der Waals surface area contributed by atoms with Crippen molar-refractivity contribution in [2.45, 2.75) is 25.5 Å². The number of esters is 1. The molecule has 1 heterocycles. The normalized spacial score (nSPS) is 17.9. The Morgan fingerprint density at radius 3 is 2.65 bits per heavy atom. The number of carbonyl (C=O) groups excluding carboxylic acids is 2. The van der Waals surface area contributed by atoms with Crippen LogP contribution in [0.25, 0.3) is 0 Å². The summed E-state index contributed by atoms with van der Waals surface area (Å²) >= 11 is 12.0. The first kappa shape index (κ1) is 23.3. The number of ether oxygens (including phenoxy) is 4. The fourth-order valence-corrected chi connectivity index (χ4v) is 3.81. The van der Waals surface area contributed by atoms with Crippen LogP contribution in [0.2, 0.25) is 10.0 Å². The van der Waals surface area contributed by atoms with E-state index < -0.39 is 11.6 Å². The van der Waals surface area contributed by atoms with Gasteiger partial charge >= 0.3 is 5.97 Å². The molecule has 0 radical (unpaired) electrons. The molecule has 1 aliphatic rings. The molecule has 2 aromatic carbocycles. The van der Waals surface area contributed by atoms with Gasteiger partial charge in [0.15, 0.2) is 5.60 Å². The number of hydrogen-bond acceptors (Lipinski definition) is 6. The standard InChI is InChI=1S/C22H23Cl2NO6/c1-3-30-21(27)22(12-29-13-31-22)10-14-4-7-19(28-2)15(8-14)11-25-20(26)17-6-5-16(23)9-18(17)24/h4-9H,3,10-13H2,1-2H3,(H,25,26). The van der Waals surface area contributed by atoms with Crippen molar-refractivity contribution in [2.75, 3.05) is 27.1 Å². The smallest absolute Gasteiger partial charge is 0.341 e. The Balaban J connectivity index is 1.77. The number of amides is 1. The van der Waals surface area contributed by atoms with Crippen LogP contribution in [-0.4, -0.2) is 44.6 Å². The Morgan fingerprint density at radius 1 is 1.19 bits per heavy atom. The van der Waals surface area contributed by atoms with Gasteiger partial charge in [0.1, 0.15) is 12.5 Å². The van der Waals surface area contributed by atoms with Gasteiger partial charge in [-0.25, -0.2) is 4.79 Å². The second kappa shape index (κ2) is 10.3. The van der Waals surface area contributed by atoms with E-state index in [1.807, 2.05) is 12.1 Å². The molecule has 166 valence electrons. The van der Waals surface area contributed by atoms with Crippen molar-refractivity contribution in [2.24, 2.45) is 0 Å². The molecule has 0 aromatic heterocycles. The third-order valence-corrected chi connectivity index (χ3v) is 5.40. The molecule has 0 bridgehead atoms. The second-order valence-electron chi connectivity index (χ2n) is 6.96. The maximum Gasteiger partial charge on any atom is 0.341 e. The predicted molar refractivity (Wildman–Crippen MR) is 116 cm³/mol. The predicted octanol–water partition coefficient (Wildman–Crippen LogP) is 3.78. The summed E-state index contributed by atoms with van der Waals surface area (Å²) in [5.41, 5.74) is 0.672. The highest BCUT2D eigenvalue weighted by molar-refractivity contribution is 6.36. The van der Waals surface area contributed by atoms with Gasteiger partial charge in [-0.2, -0.15) is 0 Å². The number of hydrogen-bond donors (Lipinski definition) is 1. The van der Waals surface area contributed by atoms with E-state index in [2.05, 4.69) is 5.32 Å². The Labute approximate surface area is 190 Å². The fraction of sp³-hybridized carbons (Fsp3) is 0.364. The molecule has 1 unspecified atom stereocenters. The largest absolute Gasteiger partial charge is 0.496 e. The van der Waals surface area contributed by atoms with E-state index in [-0.39, 0.29) is 43.9 Å². The van der Waals surface area contributed by atoms with Crippen LogP contribution >= 0.6 is 23.2 Å². The molecule has 0 aliphatic carbocycles. The number of methoxy groups -OCH3 is 1. The van der Waals surface area contributed by atoms with Crippen molar-refractivity contribution < 1.29 is 28.5 Å². The minimum absolute atomic E-state index is 0.0275. The fourth-order valence-electron chi connectivity index (χ4n) is 3.31. The summed E-state index contributed by atoms with van der Waals surface area (Å²) < 4.78 is 21.5. The lowest BCUT2D eigenvalue weighted by atomic mass is 9.94. The van der Waals surface area contributed by atoms with Crippen LogP contribution in [0, 0.1) is 0 Å². The minimum Gasteiger partial charge on any atom is -0.496 e. The Kier molecular flexibility index (Phi) is 7.78. The van der Waals surface area contributed by atoms with Gasteiger partial charge in [-0.1, -0.05) is 35.3 Å². The molecule has 1 atom stereocenters. The van der Waals surface area contributed by atoms with E-state index in [1.165, 1.54) is 6.07 Å². The zero-order valence-corrected chi connectivity index (χ0v) is 18.7. The Hall–Kier alpha value is -2.32. The third-order valence-electron chi connectivity index (χ3n) is 4.85. The van der Waals surface area contributed by atoms with Gasteiger partial charge in [-0.3, -0.25) is 4.79 Å². The number of benzene rings is 2. The molecular formula is C22H23Cl2NO6. The summed E-state index contributed by atoms with van der Waals surface area (Å²) in [7, 11) is 1.55. The summed E-state index contributed by atoms with van der Waals surface area (Å²) in [5.74, 6) is -0.208. The van der Waals surface area contributed by atoms with E-state index in [0.717, 1.165) is 11.1 Å². The summed E-state index contributed by atoms with van der Waals surface area (Å²) in [4.78, 5) is 25.0. The summed E-state index contributed by atoms with van der Waals surface area (Å²) in [6, 6.07) is 10.1. The lowest BCUT2D eigenvalue weighted by Crippen LogP contribution is -2.44. The Bertz CT molecular complexity index is 959. The van der Waals surface area contributed by atoms with E-state index in [1.54, 1.807) is 32.2 Å². The van der Waals surface area contributed by atoms with Crippen molar-refractivity contribution in [1.29, 1.82) is 0 Å². The highest BCUT2D eigenvalue weighted by Crippen LogP contribution is 2.28. The molecule has 9 heteroatoms. The van der Waals surface area contributed by atoms with E-state index in [9.17, 15) is 9.59 Å². The molecule has 3 rings (SSSR count).